The Morgan fingerprint density at radius 3 is 2.78 bits per heavy atom. The minimum atomic E-state index is -0.562. The molecule has 0 spiro atoms. The number of hydrogen-bond acceptors (Lipinski definition) is 5. The van der Waals surface area contributed by atoms with Crippen molar-refractivity contribution in [2.75, 3.05) is 5.32 Å². The fourth-order valence-corrected chi connectivity index (χ4v) is 3.40. The number of fused-ring (bicyclic) bond motifs is 2. The van der Waals surface area contributed by atoms with Crippen LogP contribution in [0.4, 0.5) is 10.1 Å². The lowest BCUT2D eigenvalue weighted by molar-refractivity contribution is -0.123. The van der Waals surface area contributed by atoms with Gasteiger partial charge in [-0.15, -0.1) is 0 Å². The number of hydrogen-bond donors (Lipinski definition) is 3. The Hall–Kier alpha value is -4.14. The first-order chi connectivity index (χ1) is 15.3. The van der Waals surface area contributed by atoms with Crippen molar-refractivity contribution in [3.05, 3.63) is 54.7 Å². The van der Waals surface area contributed by atoms with Crippen molar-refractivity contribution in [1.82, 2.24) is 30.1 Å². The number of H-pyrrole nitrogens is 2. The van der Waals surface area contributed by atoms with Crippen molar-refractivity contribution in [3.63, 3.8) is 0 Å². The smallest absolute Gasteiger partial charge is 0.229 e. The molecule has 32 heavy (non-hydrogen) atoms. The van der Waals surface area contributed by atoms with Gasteiger partial charge in [-0.1, -0.05) is 20.8 Å². The number of nitrogens with zero attached hydrogens (tertiary/aromatic N) is 4. The molecule has 4 aromatic heterocycles. The van der Waals surface area contributed by atoms with E-state index in [0.29, 0.717) is 50.4 Å². The summed E-state index contributed by atoms with van der Waals surface area (Å²) in [6, 6.07) is 8.72. The van der Waals surface area contributed by atoms with E-state index < -0.39 is 11.2 Å². The summed E-state index contributed by atoms with van der Waals surface area (Å²) in [5.41, 5.74) is 2.99. The van der Waals surface area contributed by atoms with Crippen LogP contribution in [0.25, 0.3) is 44.7 Å². The molecule has 0 unspecified atom stereocenters. The number of carbonyl (C=O) groups excluding carboxylic acids is 1. The number of benzene rings is 1. The molecule has 0 saturated heterocycles. The summed E-state index contributed by atoms with van der Waals surface area (Å²) in [4.78, 5) is 28.3. The number of aromatic nitrogens is 6. The number of halogens is 1. The third kappa shape index (κ3) is 3.37. The van der Waals surface area contributed by atoms with Gasteiger partial charge in [0.1, 0.15) is 17.0 Å². The van der Waals surface area contributed by atoms with Crippen molar-refractivity contribution < 1.29 is 9.18 Å². The highest BCUT2D eigenvalue weighted by molar-refractivity contribution is 5.97. The molecule has 0 aliphatic rings. The van der Waals surface area contributed by atoms with E-state index in [2.05, 4.69) is 35.5 Å². The number of amides is 1. The molecular weight excluding hydrogens is 409 g/mol. The molecule has 4 heterocycles. The highest BCUT2D eigenvalue weighted by Gasteiger charge is 2.22. The average Bonchev–Trinajstić information content (AvgIpc) is 3.38. The summed E-state index contributed by atoms with van der Waals surface area (Å²) in [5.74, 6) is -0.186. The Bertz CT molecular complexity index is 1450. The number of anilines is 1. The zero-order chi connectivity index (χ0) is 22.5. The molecule has 0 saturated carbocycles. The minimum Gasteiger partial charge on any atom is -0.324 e. The van der Waals surface area contributed by atoms with Gasteiger partial charge in [0, 0.05) is 28.9 Å². The van der Waals surface area contributed by atoms with Crippen molar-refractivity contribution in [3.8, 4) is 22.6 Å². The monoisotopic (exact) mass is 429 g/mol. The first kappa shape index (κ1) is 19.8. The molecule has 5 rings (SSSR count). The SMILES string of the molecule is CC(C)(C)C(=O)Nc1cncc(-c2ccc3[nH]nc(-c4nc5cccnc5[nH]4)c3c2F)c1. The van der Waals surface area contributed by atoms with Crippen LogP contribution in [-0.2, 0) is 4.79 Å². The van der Waals surface area contributed by atoms with E-state index in [1.807, 2.05) is 26.8 Å². The Kier molecular flexibility index (Phi) is 4.47. The molecule has 3 N–H and O–H groups in total. The third-order valence-corrected chi connectivity index (χ3v) is 5.14. The number of nitrogens with one attached hydrogen (secondary N) is 3. The summed E-state index contributed by atoms with van der Waals surface area (Å²) < 4.78 is 15.7. The highest BCUT2D eigenvalue weighted by atomic mass is 19.1. The van der Waals surface area contributed by atoms with E-state index in [0.717, 1.165) is 0 Å². The summed E-state index contributed by atoms with van der Waals surface area (Å²) >= 11 is 0. The van der Waals surface area contributed by atoms with Gasteiger partial charge in [0.15, 0.2) is 11.5 Å². The first-order valence-electron chi connectivity index (χ1n) is 10.1. The van der Waals surface area contributed by atoms with E-state index in [1.165, 1.54) is 6.20 Å². The van der Waals surface area contributed by atoms with Crippen LogP contribution in [-0.4, -0.2) is 36.0 Å². The van der Waals surface area contributed by atoms with Crippen LogP contribution in [0.3, 0.4) is 0 Å². The number of imidazole rings is 1. The summed E-state index contributed by atoms with van der Waals surface area (Å²) in [6.45, 7) is 5.46. The molecule has 0 bridgehead atoms. The quantitative estimate of drug-likeness (QED) is 0.385. The van der Waals surface area contributed by atoms with Crippen molar-refractivity contribution in [1.29, 1.82) is 0 Å². The molecular formula is C23H20FN7O. The summed E-state index contributed by atoms with van der Waals surface area (Å²) in [7, 11) is 0. The molecule has 1 amide bonds. The Balaban J connectivity index is 1.59. The lowest BCUT2D eigenvalue weighted by atomic mass is 9.95. The normalized spacial score (nSPS) is 11.9. The molecule has 8 nitrogen and oxygen atoms in total. The lowest BCUT2D eigenvalue weighted by Crippen LogP contribution is -2.27. The molecule has 1 aromatic carbocycles. The number of rotatable bonds is 3. The van der Waals surface area contributed by atoms with Crippen LogP contribution in [0, 0.1) is 11.2 Å². The van der Waals surface area contributed by atoms with Crippen LogP contribution in [0.5, 0.6) is 0 Å². The van der Waals surface area contributed by atoms with Gasteiger partial charge in [0.05, 0.1) is 22.8 Å². The summed E-state index contributed by atoms with van der Waals surface area (Å²) in [6.07, 6.45) is 4.75. The second-order valence-electron chi connectivity index (χ2n) is 8.54. The van der Waals surface area contributed by atoms with E-state index in [1.54, 1.807) is 36.7 Å². The van der Waals surface area contributed by atoms with Crippen LogP contribution in [0.2, 0.25) is 0 Å². The van der Waals surface area contributed by atoms with Gasteiger partial charge in [-0.05, 0) is 30.3 Å². The predicted octanol–water partition coefficient (Wildman–Crippen LogP) is 4.69. The maximum absolute atomic E-state index is 15.7. The van der Waals surface area contributed by atoms with Crippen molar-refractivity contribution in [2.24, 2.45) is 5.41 Å². The van der Waals surface area contributed by atoms with Gasteiger partial charge >= 0.3 is 0 Å². The molecule has 0 aliphatic carbocycles. The number of aromatic amines is 2. The van der Waals surface area contributed by atoms with Crippen LogP contribution < -0.4 is 5.32 Å². The first-order valence-corrected chi connectivity index (χ1v) is 10.1. The zero-order valence-corrected chi connectivity index (χ0v) is 17.7. The van der Waals surface area contributed by atoms with Gasteiger partial charge in [-0.3, -0.25) is 14.9 Å². The van der Waals surface area contributed by atoms with Gasteiger partial charge in [-0.2, -0.15) is 5.10 Å². The molecule has 160 valence electrons. The van der Waals surface area contributed by atoms with E-state index >= 15 is 4.39 Å². The van der Waals surface area contributed by atoms with E-state index in [9.17, 15) is 4.79 Å². The predicted molar refractivity (Wildman–Crippen MR) is 120 cm³/mol. The molecule has 0 fully saturated rings. The number of pyridine rings is 2. The average molecular weight is 429 g/mol. The standard InChI is InChI=1S/C23H20FN7O/c1-23(2,3)22(32)27-13-9-12(10-25-11-13)14-6-7-15-17(18(14)24)19(31-30-15)21-28-16-5-4-8-26-20(16)29-21/h4-11H,1-3H3,(H,27,32)(H,30,31)(H,26,28,29). The third-order valence-electron chi connectivity index (χ3n) is 5.14. The van der Waals surface area contributed by atoms with Crippen molar-refractivity contribution >= 4 is 33.7 Å². The topological polar surface area (TPSA) is 112 Å². The Morgan fingerprint density at radius 1 is 1.16 bits per heavy atom. The Labute approximate surface area is 182 Å². The molecule has 5 aromatic rings. The van der Waals surface area contributed by atoms with Gasteiger partial charge in [0.25, 0.3) is 0 Å². The molecule has 0 atom stereocenters. The van der Waals surface area contributed by atoms with E-state index in [4.69, 9.17) is 0 Å². The number of carbonyl (C=O) groups is 1. The highest BCUT2D eigenvalue weighted by Crippen LogP contribution is 2.34. The van der Waals surface area contributed by atoms with Gasteiger partial charge in [0.2, 0.25) is 5.91 Å². The fraction of sp³-hybridized carbons (Fsp3) is 0.174. The lowest BCUT2D eigenvalue weighted by Gasteiger charge is -2.17. The minimum absolute atomic E-state index is 0.150. The molecule has 0 aliphatic heterocycles. The molecule has 0 radical (unpaired) electrons. The van der Waals surface area contributed by atoms with E-state index in [-0.39, 0.29) is 5.91 Å². The maximum Gasteiger partial charge on any atom is 0.229 e. The van der Waals surface area contributed by atoms with Crippen molar-refractivity contribution in [2.45, 2.75) is 20.8 Å². The van der Waals surface area contributed by atoms with Crippen LogP contribution in [0.1, 0.15) is 20.8 Å². The van der Waals surface area contributed by atoms with Crippen LogP contribution >= 0.6 is 0 Å². The maximum atomic E-state index is 15.7. The Morgan fingerprint density at radius 2 is 2.00 bits per heavy atom. The molecule has 9 heteroatoms. The van der Waals surface area contributed by atoms with Gasteiger partial charge < -0.3 is 10.3 Å². The largest absolute Gasteiger partial charge is 0.324 e. The van der Waals surface area contributed by atoms with Gasteiger partial charge in [-0.25, -0.2) is 14.4 Å². The van der Waals surface area contributed by atoms with Crippen LogP contribution in [0.15, 0.2) is 48.9 Å². The second-order valence-corrected chi connectivity index (χ2v) is 8.54. The second kappa shape index (κ2) is 7.23. The summed E-state index contributed by atoms with van der Waals surface area (Å²) in [5, 5.41) is 10.3. The zero-order valence-electron chi connectivity index (χ0n) is 17.7. The fourth-order valence-electron chi connectivity index (χ4n) is 3.40.